The van der Waals surface area contributed by atoms with E-state index in [1.54, 1.807) is 12.1 Å². The summed E-state index contributed by atoms with van der Waals surface area (Å²) in [5.74, 6) is -0.516. The van der Waals surface area contributed by atoms with Gasteiger partial charge in [-0.3, -0.25) is 9.69 Å². The molecule has 1 aromatic heterocycles. The van der Waals surface area contributed by atoms with E-state index in [-0.39, 0.29) is 17.6 Å². The third kappa shape index (κ3) is 5.11. The van der Waals surface area contributed by atoms with Crippen molar-refractivity contribution in [2.75, 3.05) is 44.2 Å². The zero-order valence-electron chi connectivity index (χ0n) is 18.9. The quantitative estimate of drug-likeness (QED) is 0.428. The lowest BCUT2D eigenvalue weighted by Gasteiger charge is -2.34. The zero-order chi connectivity index (χ0) is 23.3. The van der Waals surface area contributed by atoms with Crippen LogP contribution in [0.25, 0.3) is 10.2 Å². The Morgan fingerprint density at radius 3 is 2.24 bits per heavy atom. The number of carbonyl (C=O) groups excluding carboxylic acids is 1. The molecule has 0 saturated carbocycles. The molecular weight excluding hydrogens is 447 g/mol. The number of hydrogen-bond acceptors (Lipinski definition) is 5. The Bertz CT molecular complexity index is 1200. The van der Waals surface area contributed by atoms with Crippen molar-refractivity contribution < 1.29 is 9.18 Å². The maximum Gasteiger partial charge on any atom is 0.232 e. The van der Waals surface area contributed by atoms with E-state index in [4.69, 9.17) is 0 Å². The normalized spacial score (nSPS) is 14.6. The van der Waals surface area contributed by atoms with Crippen LogP contribution in [0.4, 0.5) is 9.52 Å². The molecule has 1 saturated heterocycles. The number of benzene rings is 3. The van der Waals surface area contributed by atoms with Crippen LogP contribution in [0, 0.1) is 5.82 Å². The minimum atomic E-state index is -0.317. The molecule has 1 fully saturated rings. The molecule has 1 amide bonds. The molecule has 0 unspecified atom stereocenters. The third-order valence-corrected chi connectivity index (χ3v) is 7.32. The molecule has 34 heavy (non-hydrogen) atoms. The molecule has 0 spiro atoms. The number of halogens is 1. The van der Waals surface area contributed by atoms with Crippen molar-refractivity contribution in [2.45, 2.75) is 5.92 Å². The van der Waals surface area contributed by atoms with Gasteiger partial charge in [0.1, 0.15) is 5.82 Å². The first-order valence-corrected chi connectivity index (χ1v) is 12.4. The fourth-order valence-electron chi connectivity index (χ4n) is 4.41. The SMILES string of the molecule is O=C(NCCN1CCN(c2nc3ccc(F)cc3s2)CC1)C(c1ccccc1)c1ccccc1. The van der Waals surface area contributed by atoms with Crippen LogP contribution in [-0.2, 0) is 4.79 Å². The molecule has 0 aliphatic carbocycles. The molecule has 5 nitrogen and oxygen atoms in total. The maximum atomic E-state index is 13.5. The highest BCUT2D eigenvalue weighted by atomic mass is 32.1. The van der Waals surface area contributed by atoms with Crippen LogP contribution in [0.3, 0.4) is 0 Å². The third-order valence-electron chi connectivity index (χ3n) is 6.24. The molecule has 1 aliphatic rings. The molecule has 7 heteroatoms. The minimum Gasteiger partial charge on any atom is -0.354 e. The standard InChI is InChI=1S/C27H27FN4OS/c28-22-11-12-23-24(19-22)34-27(30-23)32-17-15-31(16-18-32)14-13-29-26(33)25(20-7-3-1-4-8-20)21-9-5-2-6-10-21/h1-12,19,25H,13-18H2,(H,29,33). The van der Waals surface area contributed by atoms with Crippen molar-refractivity contribution in [1.82, 2.24) is 15.2 Å². The lowest BCUT2D eigenvalue weighted by atomic mass is 9.90. The largest absolute Gasteiger partial charge is 0.354 e. The van der Waals surface area contributed by atoms with Crippen molar-refractivity contribution in [3.63, 3.8) is 0 Å². The van der Waals surface area contributed by atoms with E-state index >= 15 is 0 Å². The van der Waals surface area contributed by atoms with Gasteiger partial charge in [0.2, 0.25) is 5.91 Å². The van der Waals surface area contributed by atoms with E-state index < -0.39 is 0 Å². The first-order valence-electron chi connectivity index (χ1n) is 11.6. The molecule has 174 valence electrons. The van der Waals surface area contributed by atoms with Crippen LogP contribution >= 0.6 is 11.3 Å². The molecule has 0 bridgehead atoms. The van der Waals surface area contributed by atoms with E-state index in [1.165, 1.54) is 17.4 Å². The van der Waals surface area contributed by atoms with Crippen LogP contribution in [0.15, 0.2) is 78.9 Å². The number of thiazole rings is 1. The first-order chi connectivity index (χ1) is 16.7. The molecule has 5 rings (SSSR count). The number of aromatic nitrogens is 1. The Morgan fingerprint density at radius 2 is 1.59 bits per heavy atom. The number of piperazine rings is 1. The average molecular weight is 475 g/mol. The Balaban J connectivity index is 1.15. The van der Waals surface area contributed by atoms with Crippen molar-refractivity contribution in [2.24, 2.45) is 0 Å². The summed E-state index contributed by atoms with van der Waals surface area (Å²) in [6.45, 7) is 4.96. The summed E-state index contributed by atoms with van der Waals surface area (Å²) in [5, 5.41) is 4.10. The first kappa shape index (κ1) is 22.5. The summed E-state index contributed by atoms with van der Waals surface area (Å²) in [7, 11) is 0. The summed E-state index contributed by atoms with van der Waals surface area (Å²) in [5.41, 5.74) is 2.84. The van der Waals surface area contributed by atoms with Crippen LogP contribution in [0.5, 0.6) is 0 Å². The highest BCUT2D eigenvalue weighted by molar-refractivity contribution is 7.22. The van der Waals surface area contributed by atoms with E-state index in [1.807, 2.05) is 60.7 Å². The lowest BCUT2D eigenvalue weighted by molar-refractivity contribution is -0.121. The summed E-state index contributed by atoms with van der Waals surface area (Å²) in [4.78, 5) is 22.5. The van der Waals surface area contributed by atoms with Gasteiger partial charge in [0, 0.05) is 39.3 Å². The molecule has 4 aromatic rings. The van der Waals surface area contributed by atoms with Gasteiger partial charge in [0.15, 0.2) is 5.13 Å². The van der Waals surface area contributed by atoms with Crippen molar-refractivity contribution in [3.05, 3.63) is 95.8 Å². The summed E-state index contributed by atoms with van der Waals surface area (Å²) in [6, 6.07) is 24.6. The summed E-state index contributed by atoms with van der Waals surface area (Å²) in [6.07, 6.45) is 0. The van der Waals surface area contributed by atoms with Gasteiger partial charge in [0.05, 0.1) is 16.1 Å². The molecule has 1 aliphatic heterocycles. The fourth-order valence-corrected chi connectivity index (χ4v) is 5.45. The molecule has 1 N–H and O–H groups in total. The van der Waals surface area contributed by atoms with Gasteiger partial charge in [-0.1, -0.05) is 72.0 Å². The summed E-state index contributed by atoms with van der Waals surface area (Å²) >= 11 is 1.54. The van der Waals surface area contributed by atoms with Gasteiger partial charge >= 0.3 is 0 Å². The van der Waals surface area contributed by atoms with Gasteiger partial charge in [-0.15, -0.1) is 0 Å². The highest BCUT2D eigenvalue weighted by Crippen LogP contribution is 2.30. The maximum absolute atomic E-state index is 13.5. The number of fused-ring (bicyclic) bond motifs is 1. The van der Waals surface area contributed by atoms with Crippen LogP contribution in [0.2, 0.25) is 0 Å². The van der Waals surface area contributed by atoms with Crippen molar-refractivity contribution in [3.8, 4) is 0 Å². The molecular formula is C27H27FN4OS. The van der Waals surface area contributed by atoms with Gasteiger partial charge in [-0.05, 0) is 29.3 Å². The predicted molar refractivity (Wildman–Crippen MR) is 136 cm³/mol. The second kappa shape index (κ2) is 10.3. The predicted octanol–water partition coefficient (Wildman–Crippen LogP) is 4.51. The topological polar surface area (TPSA) is 48.5 Å². The highest BCUT2D eigenvalue weighted by Gasteiger charge is 2.23. The average Bonchev–Trinajstić information content (AvgIpc) is 3.29. The molecule has 0 atom stereocenters. The van der Waals surface area contributed by atoms with Gasteiger partial charge < -0.3 is 10.2 Å². The van der Waals surface area contributed by atoms with Crippen LogP contribution in [0.1, 0.15) is 17.0 Å². The van der Waals surface area contributed by atoms with Gasteiger partial charge in [0.25, 0.3) is 0 Å². The van der Waals surface area contributed by atoms with E-state index in [0.717, 1.165) is 59.2 Å². The minimum absolute atomic E-state index is 0.0257. The Morgan fingerprint density at radius 1 is 0.941 bits per heavy atom. The van der Waals surface area contributed by atoms with Crippen molar-refractivity contribution >= 4 is 32.6 Å². The Labute approximate surface area is 202 Å². The van der Waals surface area contributed by atoms with E-state index in [2.05, 4.69) is 20.1 Å². The van der Waals surface area contributed by atoms with Crippen molar-refractivity contribution in [1.29, 1.82) is 0 Å². The number of rotatable bonds is 7. The van der Waals surface area contributed by atoms with Crippen LogP contribution < -0.4 is 10.2 Å². The number of carbonyl (C=O) groups is 1. The number of hydrogen-bond donors (Lipinski definition) is 1. The number of nitrogens with zero attached hydrogens (tertiary/aromatic N) is 3. The number of anilines is 1. The molecule has 0 radical (unpaired) electrons. The molecule has 3 aromatic carbocycles. The number of nitrogens with one attached hydrogen (secondary N) is 1. The second-order valence-corrected chi connectivity index (χ2v) is 9.49. The van der Waals surface area contributed by atoms with Gasteiger partial charge in [-0.2, -0.15) is 0 Å². The molecule has 2 heterocycles. The number of amides is 1. The van der Waals surface area contributed by atoms with E-state index in [9.17, 15) is 9.18 Å². The van der Waals surface area contributed by atoms with Gasteiger partial charge in [-0.25, -0.2) is 9.37 Å². The Hall–Kier alpha value is -3.29. The fraction of sp³-hybridized carbons (Fsp3) is 0.259. The second-order valence-electron chi connectivity index (χ2n) is 8.48. The summed E-state index contributed by atoms with van der Waals surface area (Å²) < 4.78 is 14.4. The van der Waals surface area contributed by atoms with E-state index in [0.29, 0.717) is 6.54 Å². The zero-order valence-corrected chi connectivity index (χ0v) is 19.7. The monoisotopic (exact) mass is 474 g/mol. The van der Waals surface area contributed by atoms with Crippen LogP contribution in [-0.4, -0.2) is 55.1 Å². The smallest absolute Gasteiger partial charge is 0.232 e. The lowest BCUT2D eigenvalue weighted by Crippen LogP contribution is -2.48. The Kier molecular flexibility index (Phi) is 6.83.